The van der Waals surface area contributed by atoms with Gasteiger partial charge in [0.05, 0.1) is 12.2 Å². The van der Waals surface area contributed by atoms with Gasteiger partial charge in [0.2, 0.25) is 0 Å². The molecule has 0 saturated heterocycles. The standard InChI is InChI=1S/C15H13FO2/c1-2-18-12-9-7-11(8-10-12)15(17)13-5-3-4-6-14(13)16/h3-10H,2H2,1H3. The number of carbonyl (C=O) groups is 1. The maximum Gasteiger partial charge on any atom is 0.195 e. The van der Waals surface area contributed by atoms with E-state index >= 15 is 0 Å². The highest BCUT2D eigenvalue weighted by Crippen LogP contribution is 2.17. The fourth-order valence-corrected chi connectivity index (χ4v) is 1.67. The Hall–Kier alpha value is -2.16. The molecule has 0 atom stereocenters. The van der Waals surface area contributed by atoms with E-state index in [4.69, 9.17) is 4.74 Å². The highest BCUT2D eigenvalue weighted by atomic mass is 19.1. The fourth-order valence-electron chi connectivity index (χ4n) is 1.67. The Labute approximate surface area is 105 Å². The van der Waals surface area contributed by atoms with Gasteiger partial charge >= 0.3 is 0 Å². The number of ether oxygens (including phenoxy) is 1. The number of hydrogen-bond acceptors (Lipinski definition) is 2. The second kappa shape index (κ2) is 5.45. The molecule has 0 fully saturated rings. The topological polar surface area (TPSA) is 26.3 Å². The lowest BCUT2D eigenvalue weighted by Gasteiger charge is -2.05. The van der Waals surface area contributed by atoms with Crippen LogP contribution in [0.25, 0.3) is 0 Å². The van der Waals surface area contributed by atoms with Crippen molar-refractivity contribution in [1.82, 2.24) is 0 Å². The normalized spacial score (nSPS) is 10.1. The van der Waals surface area contributed by atoms with Gasteiger partial charge in [0.25, 0.3) is 0 Å². The van der Waals surface area contributed by atoms with Crippen LogP contribution in [0.3, 0.4) is 0 Å². The first-order chi connectivity index (χ1) is 8.72. The van der Waals surface area contributed by atoms with Crippen molar-refractivity contribution >= 4 is 5.78 Å². The smallest absolute Gasteiger partial charge is 0.195 e. The molecule has 0 spiro atoms. The molecule has 0 radical (unpaired) electrons. The molecule has 0 aromatic heterocycles. The van der Waals surface area contributed by atoms with Crippen molar-refractivity contribution in [3.05, 3.63) is 65.5 Å². The molecule has 0 heterocycles. The van der Waals surface area contributed by atoms with Gasteiger partial charge in [-0.3, -0.25) is 4.79 Å². The quantitative estimate of drug-likeness (QED) is 0.770. The summed E-state index contributed by atoms with van der Waals surface area (Å²) in [6, 6.07) is 12.7. The number of ketones is 1. The van der Waals surface area contributed by atoms with Gasteiger partial charge in [-0.15, -0.1) is 0 Å². The zero-order valence-corrected chi connectivity index (χ0v) is 10.0. The summed E-state index contributed by atoms with van der Waals surface area (Å²) in [7, 11) is 0. The van der Waals surface area contributed by atoms with Gasteiger partial charge in [0.1, 0.15) is 11.6 Å². The summed E-state index contributed by atoms with van der Waals surface area (Å²) >= 11 is 0. The molecular weight excluding hydrogens is 231 g/mol. The Morgan fingerprint density at radius 1 is 1.11 bits per heavy atom. The second-order valence-corrected chi connectivity index (χ2v) is 3.77. The Kier molecular flexibility index (Phi) is 3.72. The Morgan fingerprint density at radius 2 is 1.78 bits per heavy atom. The largest absolute Gasteiger partial charge is 0.494 e. The first-order valence-corrected chi connectivity index (χ1v) is 5.74. The van der Waals surface area contributed by atoms with E-state index < -0.39 is 5.82 Å². The van der Waals surface area contributed by atoms with E-state index in [0.717, 1.165) is 0 Å². The van der Waals surface area contributed by atoms with Crippen LogP contribution in [-0.4, -0.2) is 12.4 Å². The third-order valence-electron chi connectivity index (χ3n) is 2.55. The summed E-state index contributed by atoms with van der Waals surface area (Å²) in [6.07, 6.45) is 0. The van der Waals surface area contributed by atoms with E-state index in [2.05, 4.69) is 0 Å². The third-order valence-corrected chi connectivity index (χ3v) is 2.55. The van der Waals surface area contributed by atoms with Crippen LogP contribution in [-0.2, 0) is 0 Å². The molecule has 2 rings (SSSR count). The minimum atomic E-state index is -0.503. The molecule has 0 saturated carbocycles. The van der Waals surface area contributed by atoms with Crippen LogP contribution in [0.4, 0.5) is 4.39 Å². The number of rotatable bonds is 4. The minimum absolute atomic E-state index is 0.0849. The number of benzene rings is 2. The van der Waals surface area contributed by atoms with Gasteiger partial charge in [-0.1, -0.05) is 12.1 Å². The molecule has 2 aromatic rings. The molecule has 2 aromatic carbocycles. The van der Waals surface area contributed by atoms with Crippen molar-refractivity contribution in [3.63, 3.8) is 0 Å². The molecule has 0 aliphatic carbocycles. The predicted octanol–water partition coefficient (Wildman–Crippen LogP) is 3.46. The van der Waals surface area contributed by atoms with Crippen molar-refractivity contribution in [3.8, 4) is 5.75 Å². The molecule has 2 nitrogen and oxygen atoms in total. The SMILES string of the molecule is CCOc1ccc(C(=O)c2ccccc2F)cc1. The van der Waals surface area contributed by atoms with E-state index in [1.165, 1.54) is 12.1 Å². The summed E-state index contributed by atoms with van der Waals surface area (Å²) in [6.45, 7) is 2.46. The highest BCUT2D eigenvalue weighted by molar-refractivity contribution is 6.09. The van der Waals surface area contributed by atoms with Crippen LogP contribution in [0, 0.1) is 5.82 Å². The van der Waals surface area contributed by atoms with Crippen LogP contribution in [0.2, 0.25) is 0 Å². The molecule has 0 aliphatic heterocycles. The van der Waals surface area contributed by atoms with Crippen LogP contribution < -0.4 is 4.74 Å². The number of hydrogen-bond donors (Lipinski definition) is 0. The van der Waals surface area contributed by atoms with Crippen LogP contribution >= 0.6 is 0 Å². The molecule has 3 heteroatoms. The lowest BCUT2D eigenvalue weighted by atomic mass is 10.0. The Balaban J connectivity index is 2.27. The molecule has 0 aliphatic rings. The maximum atomic E-state index is 13.5. The van der Waals surface area contributed by atoms with Crippen molar-refractivity contribution < 1.29 is 13.9 Å². The summed E-state index contributed by atoms with van der Waals surface area (Å²) < 4.78 is 18.8. The average molecular weight is 244 g/mol. The number of carbonyl (C=O) groups excluding carboxylic acids is 1. The van der Waals surface area contributed by atoms with E-state index in [-0.39, 0.29) is 11.3 Å². The van der Waals surface area contributed by atoms with Gasteiger partial charge in [0, 0.05) is 5.56 Å². The first-order valence-electron chi connectivity index (χ1n) is 5.74. The zero-order valence-electron chi connectivity index (χ0n) is 10.0. The monoisotopic (exact) mass is 244 g/mol. The summed E-state index contributed by atoms with van der Waals surface area (Å²) in [5, 5.41) is 0. The molecule has 92 valence electrons. The Morgan fingerprint density at radius 3 is 2.39 bits per heavy atom. The van der Waals surface area contributed by atoms with Crippen molar-refractivity contribution in [1.29, 1.82) is 0 Å². The van der Waals surface area contributed by atoms with E-state index in [1.807, 2.05) is 6.92 Å². The maximum absolute atomic E-state index is 13.5. The minimum Gasteiger partial charge on any atom is -0.494 e. The van der Waals surface area contributed by atoms with E-state index in [9.17, 15) is 9.18 Å². The van der Waals surface area contributed by atoms with E-state index in [0.29, 0.717) is 17.9 Å². The summed E-state index contributed by atoms with van der Waals surface area (Å²) in [5.74, 6) is -0.130. The van der Waals surface area contributed by atoms with Gasteiger partial charge in [-0.05, 0) is 43.3 Å². The van der Waals surface area contributed by atoms with Gasteiger partial charge in [0.15, 0.2) is 5.78 Å². The van der Waals surface area contributed by atoms with Crippen molar-refractivity contribution in [2.45, 2.75) is 6.92 Å². The third kappa shape index (κ3) is 2.56. The molecule has 18 heavy (non-hydrogen) atoms. The highest BCUT2D eigenvalue weighted by Gasteiger charge is 2.12. The number of halogens is 1. The second-order valence-electron chi connectivity index (χ2n) is 3.77. The molecule has 0 unspecified atom stereocenters. The Bertz CT molecular complexity index is 547. The lowest BCUT2D eigenvalue weighted by molar-refractivity contribution is 0.103. The van der Waals surface area contributed by atoms with Crippen LogP contribution in [0.5, 0.6) is 5.75 Å². The molecular formula is C15H13FO2. The van der Waals surface area contributed by atoms with Crippen molar-refractivity contribution in [2.75, 3.05) is 6.61 Å². The fraction of sp³-hybridized carbons (Fsp3) is 0.133. The van der Waals surface area contributed by atoms with Crippen LogP contribution in [0.15, 0.2) is 48.5 Å². The van der Waals surface area contributed by atoms with Gasteiger partial charge in [-0.25, -0.2) is 4.39 Å². The molecule has 0 amide bonds. The molecule has 0 N–H and O–H groups in total. The first kappa shape index (κ1) is 12.3. The summed E-state index contributed by atoms with van der Waals surface area (Å²) in [5.41, 5.74) is 0.533. The van der Waals surface area contributed by atoms with Gasteiger partial charge < -0.3 is 4.74 Å². The summed E-state index contributed by atoms with van der Waals surface area (Å²) in [4.78, 5) is 12.1. The van der Waals surface area contributed by atoms with E-state index in [1.54, 1.807) is 36.4 Å². The average Bonchev–Trinajstić information content (AvgIpc) is 2.40. The van der Waals surface area contributed by atoms with Gasteiger partial charge in [-0.2, -0.15) is 0 Å². The van der Waals surface area contributed by atoms with Crippen molar-refractivity contribution in [2.24, 2.45) is 0 Å². The lowest BCUT2D eigenvalue weighted by Crippen LogP contribution is -2.04. The predicted molar refractivity (Wildman–Crippen MR) is 67.4 cm³/mol. The van der Waals surface area contributed by atoms with Crippen LogP contribution in [0.1, 0.15) is 22.8 Å². The zero-order chi connectivity index (χ0) is 13.0. The molecule has 0 bridgehead atoms.